The summed E-state index contributed by atoms with van der Waals surface area (Å²) in [6.45, 7) is 3.94. The van der Waals surface area contributed by atoms with Crippen LogP contribution in [0.3, 0.4) is 0 Å². The highest BCUT2D eigenvalue weighted by atomic mass is 16.5. The van der Waals surface area contributed by atoms with Crippen molar-refractivity contribution in [1.29, 1.82) is 0 Å². The van der Waals surface area contributed by atoms with E-state index in [-0.39, 0.29) is 19.1 Å². The molecule has 0 radical (unpaired) electrons. The van der Waals surface area contributed by atoms with Gasteiger partial charge in [-0.3, -0.25) is 4.79 Å². The number of hydrogen-bond acceptors (Lipinski definition) is 6. The Morgan fingerprint density at radius 3 is 2.89 bits per heavy atom. The summed E-state index contributed by atoms with van der Waals surface area (Å²) in [6.07, 6.45) is 5.29. The van der Waals surface area contributed by atoms with E-state index in [4.69, 9.17) is 9.47 Å². The Balaban J connectivity index is 1.55. The average molecular weight is 375 g/mol. The van der Waals surface area contributed by atoms with Crippen LogP contribution < -0.4 is 4.74 Å². The summed E-state index contributed by atoms with van der Waals surface area (Å²) in [5.74, 6) is 0.244. The van der Waals surface area contributed by atoms with Crippen molar-refractivity contribution >= 4 is 5.91 Å². The maximum Gasteiger partial charge on any atom is 0.259 e. The minimum Gasteiger partial charge on any atom is -0.480 e. The van der Waals surface area contributed by atoms with E-state index in [1.54, 1.807) is 12.0 Å². The number of methoxy groups -OCH3 is 1. The molecule has 1 N–H and O–H groups in total. The van der Waals surface area contributed by atoms with Crippen LogP contribution in [0.1, 0.15) is 40.9 Å². The highest BCUT2D eigenvalue weighted by Gasteiger charge is 2.37. The predicted octanol–water partition coefficient (Wildman–Crippen LogP) is 0.878. The Kier molecular flexibility index (Phi) is 5.34. The number of aliphatic hydroxyl groups is 1. The predicted molar refractivity (Wildman–Crippen MR) is 100 cm³/mol. The number of carbonyl (C=O) groups is 1. The molecule has 1 aliphatic carbocycles. The monoisotopic (exact) mass is 375 g/mol. The number of hydrogen-bond donors (Lipinski definition) is 1. The summed E-state index contributed by atoms with van der Waals surface area (Å²) < 4.78 is 11.1. The number of carbonyl (C=O) groups excluding carboxylic acids is 1. The first-order valence-corrected chi connectivity index (χ1v) is 9.96. The summed E-state index contributed by atoms with van der Waals surface area (Å²) in [6, 6.07) is 1.93. The third-order valence-electron chi connectivity index (χ3n) is 5.80. The van der Waals surface area contributed by atoms with Gasteiger partial charge in [0.15, 0.2) is 0 Å². The van der Waals surface area contributed by atoms with Gasteiger partial charge in [-0.15, -0.1) is 0 Å². The minimum absolute atomic E-state index is 0.139. The van der Waals surface area contributed by atoms with Gasteiger partial charge in [0.25, 0.3) is 5.91 Å². The van der Waals surface area contributed by atoms with E-state index >= 15 is 0 Å². The Bertz CT molecular complexity index is 705. The molecule has 7 heteroatoms. The normalized spacial score (nSPS) is 26.1. The van der Waals surface area contributed by atoms with Gasteiger partial charge in [0.1, 0.15) is 11.2 Å². The second kappa shape index (κ2) is 7.73. The summed E-state index contributed by atoms with van der Waals surface area (Å²) in [7, 11) is 1.55. The molecule has 148 valence electrons. The number of nitrogens with zero attached hydrogens (tertiary/aromatic N) is 3. The molecular weight excluding hydrogens is 346 g/mol. The standard InChI is InChI=1S/C20H29N3O4/c1-26-18-16(11-15-5-4-6-17(15)21-18)19(24)23-9-10-27-14-20(25,13-23)12-22-7-2-3-8-22/h11,25H,2-10,12-14H2,1H3/t20-/m1/s1. The molecule has 7 nitrogen and oxygen atoms in total. The average Bonchev–Trinajstić information content (AvgIpc) is 3.29. The zero-order chi connectivity index (χ0) is 18.9. The van der Waals surface area contributed by atoms with Crippen LogP contribution in [0.5, 0.6) is 5.88 Å². The van der Waals surface area contributed by atoms with E-state index in [9.17, 15) is 9.90 Å². The zero-order valence-corrected chi connectivity index (χ0v) is 16.1. The van der Waals surface area contributed by atoms with E-state index in [1.807, 2.05) is 6.07 Å². The molecule has 2 aliphatic heterocycles. The lowest BCUT2D eigenvalue weighted by Gasteiger charge is -2.34. The van der Waals surface area contributed by atoms with Gasteiger partial charge in [-0.25, -0.2) is 4.98 Å². The minimum atomic E-state index is -1.05. The van der Waals surface area contributed by atoms with Crippen LogP contribution in [0.4, 0.5) is 0 Å². The molecule has 3 heterocycles. The summed E-state index contributed by atoms with van der Waals surface area (Å²) in [5.41, 5.74) is 1.61. The molecule has 27 heavy (non-hydrogen) atoms. The highest BCUT2D eigenvalue weighted by molar-refractivity contribution is 5.96. The van der Waals surface area contributed by atoms with Crippen molar-refractivity contribution < 1.29 is 19.4 Å². The van der Waals surface area contributed by atoms with Crippen LogP contribution in [0, 0.1) is 0 Å². The Labute approximate surface area is 160 Å². The fraction of sp³-hybridized carbons (Fsp3) is 0.700. The Morgan fingerprint density at radius 1 is 1.30 bits per heavy atom. The van der Waals surface area contributed by atoms with Gasteiger partial charge in [-0.2, -0.15) is 0 Å². The van der Waals surface area contributed by atoms with Crippen molar-refractivity contribution in [3.05, 3.63) is 22.9 Å². The largest absolute Gasteiger partial charge is 0.480 e. The quantitative estimate of drug-likeness (QED) is 0.842. The molecule has 2 saturated heterocycles. The first-order valence-electron chi connectivity index (χ1n) is 9.96. The van der Waals surface area contributed by atoms with E-state index in [0.717, 1.165) is 56.5 Å². The zero-order valence-electron chi connectivity index (χ0n) is 16.1. The first kappa shape index (κ1) is 18.7. The third kappa shape index (κ3) is 3.95. The number of ether oxygens (including phenoxy) is 2. The molecule has 0 saturated carbocycles. The van der Waals surface area contributed by atoms with Crippen molar-refractivity contribution in [2.24, 2.45) is 0 Å². The van der Waals surface area contributed by atoms with Gasteiger partial charge in [-0.1, -0.05) is 0 Å². The molecule has 0 bridgehead atoms. The first-order chi connectivity index (χ1) is 13.1. The van der Waals surface area contributed by atoms with Gasteiger partial charge in [-0.05, 0) is 56.8 Å². The lowest BCUT2D eigenvalue weighted by molar-refractivity contribution is -0.0524. The maximum atomic E-state index is 13.3. The second-order valence-electron chi connectivity index (χ2n) is 7.99. The molecule has 0 unspecified atom stereocenters. The van der Waals surface area contributed by atoms with Crippen LogP contribution in [0.2, 0.25) is 0 Å². The number of aryl methyl sites for hydroxylation is 2. The van der Waals surface area contributed by atoms with Crippen LogP contribution in [0.25, 0.3) is 0 Å². The summed E-state index contributed by atoms with van der Waals surface area (Å²) in [4.78, 5) is 21.8. The molecule has 0 spiro atoms. The fourth-order valence-corrected chi connectivity index (χ4v) is 4.48. The van der Waals surface area contributed by atoms with E-state index < -0.39 is 5.60 Å². The van der Waals surface area contributed by atoms with Crippen molar-refractivity contribution in [2.45, 2.75) is 37.7 Å². The van der Waals surface area contributed by atoms with Crippen molar-refractivity contribution in [3.8, 4) is 5.88 Å². The Hall–Kier alpha value is -1.70. The molecule has 2 fully saturated rings. The molecular formula is C20H29N3O4. The molecule has 1 atom stereocenters. The van der Waals surface area contributed by atoms with Gasteiger partial charge < -0.3 is 24.4 Å². The summed E-state index contributed by atoms with van der Waals surface area (Å²) >= 11 is 0. The summed E-state index contributed by atoms with van der Waals surface area (Å²) in [5, 5.41) is 11.2. The third-order valence-corrected chi connectivity index (χ3v) is 5.80. The fourth-order valence-electron chi connectivity index (χ4n) is 4.48. The number of aromatic nitrogens is 1. The van der Waals surface area contributed by atoms with E-state index in [1.165, 1.54) is 0 Å². The van der Waals surface area contributed by atoms with E-state index in [0.29, 0.717) is 31.1 Å². The van der Waals surface area contributed by atoms with Crippen LogP contribution >= 0.6 is 0 Å². The van der Waals surface area contributed by atoms with Crippen LogP contribution in [0.15, 0.2) is 6.07 Å². The highest BCUT2D eigenvalue weighted by Crippen LogP contribution is 2.28. The van der Waals surface area contributed by atoms with Crippen LogP contribution in [-0.4, -0.2) is 84.4 Å². The lowest BCUT2D eigenvalue weighted by Crippen LogP contribution is -2.53. The number of rotatable bonds is 4. The number of amides is 1. The van der Waals surface area contributed by atoms with Crippen molar-refractivity contribution in [3.63, 3.8) is 0 Å². The van der Waals surface area contributed by atoms with Crippen LogP contribution in [-0.2, 0) is 17.6 Å². The number of pyridine rings is 1. The van der Waals surface area contributed by atoms with Gasteiger partial charge >= 0.3 is 0 Å². The second-order valence-corrected chi connectivity index (χ2v) is 7.99. The lowest BCUT2D eigenvalue weighted by atomic mass is 10.0. The topological polar surface area (TPSA) is 75.1 Å². The van der Waals surface area contributed by atoms with Crippen molar-refractivity contribution in [1.82, 2.24) is 14.8 Å². The Morgan fingerprint density at radius 2 is 2.11 bits per heavy atom. The van der Waals surface area contributed by atoms with Gasteiger partial charge in [0, 0.05) is 18.8 Å². The molecule has 1 aromatic rings. The van der Waals surface area contributed by atoms with Gasteiger partial charge in [0.2, 0.25) is 5.88 Å². The molecule has 0 aromatic carbocycles. The number of likely N-dealkylation sites (tertiary alicyclic amines) is 1. The van der Waals surface area contributed by atoms with E-state index in [2.05, 4.69) is 9.88 Å². The number of β-amino-alcohol motifs (C(OH)–C–C–N with tert-alkyl or cyclic N) is 1. The molecule has 3 aliphatic rings. The van der Waals surface area contributed by atoms with Crippen molar-refractivity contribution in [2.75, 3.05) is 53.0 Å². The SMILES string of the molecule is COc1nc2c(cc1C(=O)N1CCOC[C@@](O)(CN3CCCC3)C1)CCC2. The molecule has 1 amide bonds. The molecule has 1 aromatic heterocycles. The smallest absolute Gasteiger partial charge is 0.259 e. The maximum absolute atomic E-state index is 13.3. The molecule has 4 rings (SSSR count). The van der Waals surface area contributed by atoms with Gasteiger partial charge in [0.05, 0.1) is 26.9 Å². The number of fused-ring (bicyclic) bond motifs is 1.